The molecular weight excluding hydrogens is 210 g/mol. The fraction of sp³-hybridized carbons (Fsp3) is 0.600. The molecule has 0 aliphatic rings. The Labute approximate surface area is 105 Å². The lowest BCUT2D eigenvalue weighted by atomic mass is 10.1. The standard InChI is InChI=1S/C15H25NO/c1-4-11-16-12-5-6-14-7-9-15(10-8-14)17-13(2)3/h7-10,13,16H,4-6,11-12H2,1-3H3. The first kappa shape index (κ1) is 14.0. The van der Waals surface area contributed by atoms with Gasteiger partial charge in [-0.1, -0.05) is 19.1 Å². The van der Waals surface area contributed by atoms with Crippen molar-refractivity contribution in [2.45, 2.75) is 46.1 Å². The highest BCUT2D eigenvalue weighted by Gasteiger charge is 1.98. The third-order valence-corrected chi connectivity index (χ3v) is 2.54. The SMILES string of the molecule is CCCNCCCc1ccc(OC(C)C)cc1. The molecule has 0 unspecified atom stereocenters. The van der Waals surface area contributed by atoms with E-state index in [4.69, 9.17) is 4.74 Å². The van der Waals surface area contributed by atoms with Gasteiger partial charge in [0.2, 0.25) is 0 Å². The molecular formula is C15H25NO. The summed E-state index contributed by atoms with van der Waals surface area (Å²) in [5.41, 5.74) is 1.39. The van der Waals surface area contributed by atoms with Crippen LogP contribution in [0.5, 0.6) is 5.75 Å². The molecule has 0 aliphatic heterocycles. The molecule has 0 fully saturated rings. The lowest BCUT2D eigenvalue weighted by Gasteiger charge is -2.10. The van der Waals surface area contributed by atoms with Crippen molar-refractivity contribution in [2.24, 2.45) is 0 Å². The van der Waals surface area contributed by atoms with Crippen LogP contribution in [-0.2, 0) is 6.42 Å². The first-order chi connectivity index (χ1) is 8.22. The van der Waals surface area contributed by atoms with E-state index in [-0.39, 0.29) is 6.10 Å². The second-order valence-corrected chi connectivity index (χ2v) is 4.66. The summed E-state index contributed by atoms with van der Waals surface area (Å²) in [6, 6.07) is 8.46. The summed E-state index contributed by atoms with van der Waals surface area (Å²) in [4.78, 5) is 0. The molecule has 0 spiro atoms. The fourth-order valence-corrected chi connectivity index (χ4v) is 1.73. The number of ether oxygens (including phenoxy) is 1. The highest BCUT2D eigenvalue weighted by atomic mass is 16.5. The van der Waals surface area contributed by atoms with Gasteiger partial charge in [0.05, 0.1) is 6.10 Å². The van der Waals surface area contributed by atoms with E-state index in [9.17, 15) is 0 Å². The van der Waals surface area contributed by atoms with Gasteiger partial charge in [-0.05, 0) is 63.9 Å². The van der Waals surface area contributed by atoms with Gasteiger partial charge in [-0.25, -0.2) is 0 Å². The van der Waals surface area contributed by atoms with Gasteiger partial charge in [0.25, 0.3) is 0 Å². The van der Waals surface area contributed by atoms with Gasteiger partial charge in [0, 0.05) is 0 Å². The predicted molar refractivity (Wildman–Crippen MR) is 73.7 cm³/mol. The predicted octanol–water partition coefficient (Wildman–Crippen LogP) is 3.41. The smallest absolute Gasteiger partial charge is 0.119 e. The molecule has 0 atom stereocenters. The molecule has 0 heterocycles. The van der Waals surface area contributed by atoms with Crippen molar-refractivity contribution < 1.29 is 4.74 Å². The Morgan fingerprint density at radius 3 is 2.41 bits per heavy atom. The molecule has 0 saturated carbocycles. The van der Waals surface area contributed by atoms with E-state index in [0.717, 1.165) is 25.3 Å². The molecule has 0 aliphatic carbocycles. The minimum Gasteiger partial charge on any atom is -0.491 e. The van der Waals surface area contributed by atoms with Gasteiger partial charge in [-0.2, -0.15) is 0 Å². The molecule has 96 valence electrons. The largest absolute Gasteiger partial charge is 0.491 e. The average molecular weight is 235 g/mol. The van der Waals surface area contributed by atoms with Gasteiger partial charge in [0.15, 0.2) is 0 Å². The maximum Gasteiger partial charge on any atom is 0.119 e. The van der Waals surface area contributed by atoms with Crippen LogP contribution in [0.3, 0.4) is 0 Å². The van der Waals surface area contributed by atoms with Gasteiger partial charge in [-0.3, -0.25) is 0 Å². The number of hydrogen-bond donors (Lipinski definition) is 1. The Balaban J connectivity index is 2.25. The van der Waals surface area contributed by atoms with Crippen LogP contribution in [0, 0.1) is 0 Å². The zero-order valence-corrected chi connectivity index (χ0v) is 11.3. The lowest BCUT2D eigenvalue weighted by molar-refractivity contribution is 0.242. The van der Waals surface area contributed by atoms with Crippen molar-refractivity contribution in [2.75, 3.05) is 13.1 Å². The Hall–Kier alpha value is -1.02. The zero-order chi connectivity index (χ0) is 12.5. The topological polar surface area (TPSA) is 21.3 Å². The van der Waals surface area contributed by atoms with E-state index >= 15 is 0 Å². The first-order valence-corrected chi connectivity index (χ1v) is 6.68. The zero-order valence-electron chi connectivity index (χ0n) is 11.3. The van der Waals surface area contributed by atoms with Crippen molar-refractivity contribution in [1.82, 2.24) is 5.32 Å². The highest BCUT2D eigenvalue weighted by molar-refractivity contribution is 5.27. The van der Waals surface area contributed by atoms with Gasteiger partial charge in [0.1, 0.15) is 5.75 Å². The van der Waals surface area contributed by atoms with Crippen LogP contribution >= 0.6 is 0 Å². The molecule has 2 heteroatoms. The van der Waals surface area contributed by atoms with Gasteiger partial charge in [-0.15, -0.1) is 0 Å². The Morgan fingerprint density at radius 2 is 1.82 bits per heavy atom. The summed E-state index contributed by atoms with van der Waals surface area (Å²) >= 11 is 0. The Morgan fingerprint density at radius 1 is 1.12 bits per heavy atom. The van der Waals surface area contributed by atoms with Crippen LogP contribution in [0.25, 0.3) is 0 Å². The van der Waals surface area contributed by atoms with Crippen molar-refractivity contribution in [3.63, 3.8) is 0 Å². The van der Waals surface area contributed by atoms with Crippen LogP contribution < -0.4 is 10.1 Å². The Bertz CT molecular complexity index is 292. The van der Waals surface area contributed by atoms with E-state index in [0.29, 0.717) is 0 Å². The van der Waals surface area contributed by atoms with E-state index in [2.05, 4.69) is 36.5 Å². The normalized spacial score (nSPS) is 10.8. The summed E-state index contributed by atoms with van der Waals surface area (Å²) < 4.78 is 5.61. The average Bonchev–Trinajstić information content (AvgIpc) is 2.30. The minimum atomic E-state index is 0.249. The molecule has 2 nitrogen and oxygen atoms in total. The molecule has 1 aromatic carbocycles. The summed E-state index contributed by atoms with van der Waals surface area (Å²) in [5.74, 6) is 0.966. The van der Waals surface area contributed by atoms with Crippen LogP contribution in [-0.4, -0.2) is 19.2 Å². The van der Waals surface area contributed by atoms with Crippen LogP contribution in [0.15, 0.2) is 24.3 Å². The first-order valence-electron chi connectivity index (χ1n) is 6.68. The van der Waals surface area contributed by atoms with E-state index in [1.165, 1.54) is 18.4 Å². The van der Waals surface area contributed by atoms with Crippen molar-refractivity contribution in [1.29, 1.82) is 0 Å². The summed E-state index contributed by atoms with van der Waals surface area (Å²) in [6.07, 6.45) is 3.80. The molecule has 1 aromatic rings. The molecule has 0 aromatic heterocycles. The number of rotatable bonds is 8. The molecule has 17 heavy (non-hydrogen) atoms. The second kappa shape index (κ2) is 8.13. The van der Waals surface area contributed by atoms with Crippen molar-refractivity contribution in [3.8, 4) is 5.75 Å². The summed E-state index contributed by atoms with van der Waals surface area (Å²) in [6.45, 7) is 8.53. The fourth-order valence-electron chi connectivity index (χ4n) is 1.73. The van der Waals surface area contributed by atoms with Crippen LogP contribution in [0.2, 0.25) is 0 Å². The van der Waals surface area contributed by atoms with Crippen LogP contribution in [0.4, 0.5) is 0 Å². The second-order valence-electron chi connectivity index (χ2n) is 4.66. The molecule has 0 radical (unpaired) electrons. The minimum absolute atomic E-state index is 0.249. The number of hydrogen-bond acceptors (Lipinski definition) is 2. The third-order valence-electron chi connectivity index (χ3n) is 2.54. The maximum atomic E-state index is 5.61. The molecule has 1 N–H and O–H groups in total. The van der Waals surface area contributed by atoms with Gasteiger partial charge < -0.3 is 10.1 Å². The molecule has 0 amide bonds. The summed E-state index contributed by atoms with van der Waals surface area (Å²) in [5, 5.41) is 3.42. The number of aryl methyl sites for hydroxylation is 1. The number of nitrogens with one attached hydrogen (secondary N) is 1. The van der Waals surface area contributed by atoms with Crippen molar-refractivity contribution in [3.05, 3.63) is 29.8 Å². The third kappa shape index (κ3) is 6.32. The van der Waals surface area contributed by atoms with E-state index in [1.807, 2.05) is 13.8 Å². The molecule has 0 bridgehead atoms. The molecule has 1 rings (SSSR count). The number of benzene rings is 1. The van der Waals surface area contributed by atoms with Gasteiger partial charge >= 0.3 is 0 Å². The Kier molecular flexibility index (Phi) is 6.71. The quantitative estimate of drug-likeness (QED) is 0.697. The highest BCUT2D eigenvalue weighted by Crippen LogP contribution is 2.14. The van der Waals surface area contributed by atoms with Crippen LogP contribution in [0.1, 0.15) is 39.2 Å². The van der Waals surface area contributed by atoms with E-state index in [1.54, 1.807) is 0 Å². The summed E-state index contributed by atoms with van der Waals surface area (Å²) in [7, 11) is 0. The lowest BCUT2D eigenvalue weighted by Crippen LogP contribution is -2.16. The monoisotopic (exact) mass is 235 g/mol. The van der Waals surface area contributed by atoms with Crippen molar-refractivity contribution >= 4 is 0 Å². The maximum absolute atomic E-state index is 5.61. The van der Waals surface area contributed by atoms with E-state index < -0.39 is 0 Å². The molecule has 0 saturated heterocycles.